The summed E-state index contributed by atoms with van der Waals surface area (Å²) in [6.45, 7) is 0. The molecular formula is C17H14FNO3. The zero-order valence-electron chi connectivity index (χ0n) is 11.6. The van der Waals surface area contributed by atoms with Gasteiger partial charge in [-0.25, -0.2) is 9.18 Å². The Kier molecular flexibility index (Phi) is 5.03. The first kappa shape index (κ1) is 15.4. The number of hydrogen-bond acceptors (Lipinski definition) is 3. The van der Waals surface area contributed by atoms with Gasteiger partial charge in [-0.3, -0.25) is 4.79 Å². The van der Waals surface area contributed by atoms with Gasteiger partial charge in [0.25, 0.3) is 5.91 Å². The van der Waals surface area contributed by atoms with Crippen molar-refractivity contribution in [3.05, 3.63) is 77.6 Å². The Balaban J connectivity index is 2.07. The van der Waals surface area contributed by atoms with E-state index >= 15 is 0 Å². The molecule has 0 bridgehead atoms. The van der Waals surface area contributed by atoms with Crippen LogP contribution in [0.15, 0.2) is 60.7 Å². The minimum absolute atomic E-state index is 0.408. The fourth-order valence-corrected chi connectivity index (χ4v) is 1.85. The zero-order chi connectivity index (χ0) is 15.9. The number of carbonyl (C=O) groups is 2. The van der Waals surface area contributed by atoms with Gasteiger partial charge in [0.1, 0.15) is 5.82 Å². The molecule has 0 radical (unpaired) electrons. The van der Waals surface area contributed by atoms with E-state index in [1.807, 2.05) is 0 Å². The van der Waals surface area contributed by atoms with Crippen molar-refractivity contribution < 1.29 is 18.7 Å². The van der Waals surface area contributed by atoms with Gasteiger partial charge >= 0.3 is 5.97 Å². The molecule has 2 aromatic rings. The van der Waals surface area contributed by atoms with Crippen molar-refractivity contribution >= 4 is 18.0 Å². The second kappa shape index (κ2) is 7.17. The van der Waals surface area contributed by atoms with E-state index in [-0.39, 0.29) is 0 Å². The third-order valence-corrected chi connectivity index (χ3v) is 2.86. The third-order valence-electron chi connectivity index (χ3n) is 2.86. The summed E-state index contributed by atoms with van der Waals surface area (Å²) in [5.41, 5.74) is 6.25. The van der Waals surface area contributed by atoms with E-state index in [1.165, 1.54) is 24.3 Å². The molecule has 2 rings (SSSR count). The standard InChI is InChI=1S/C17H14FNO3/c18-14-8-4-5-12(11-14)9-10-15(20)22-16(17(19)21)13-6-2-1-3-7-13/h1-11,16H,(H2,19,21)/b10-9+. The summed E-state index contributed by atoms with van der Waals surface area (Å²) in [5, 5.41) is 0. The molecule has 112 valence electrons. The summed E-state index contributed by atoms with van der Waals surface area (Å²) in [7, 11) is 0. The smallest absolute Gasteiger partial charge is 0.331 e. The molecule has 0 saturated carbocycles. The Morgan fingerprint density at radius 2 is 1.82 bits per heavy atom. The lowest BCUT2D eigenvalue weighted by Gasteiger charge is -2.13. The molecule has 4 nitrogen and oxygen atoms in total. The van der Waals surface area contributed by atoms with Crippen molar-refractivity contribution in [1.29, 1.82) is 0 Å². The Morgan fingerprint density at radius 1 is 1.09 bits per heavy atom. The van der Waals surface area contributed by atoms with Crippen LogP contribution in [-0.4, -0.2) is 11.9 Å². The predicted molar refractivity (Wildman–Crippen MR) is 79.9 cm³/mol. The average Bonchev–Trinajstić information content (AvgIpc) is 2.51. The van der Waals surface area contributed by atoms with Crippen molar-refractivity contribution in [1.82, 2.24) is 0 Å². The summed E-state index contributed by atoms with van der Waals surface area (Å²) in [5.74, 6) is -1.91. The van der Waals surface area contributed by atoms with Crippen LogP contribution in [0.4, 0.5) is 4.39 Å². The van der Waals surface area contributed by atoms with E-state index < -0.39 is 23.8 Å². The number of rotatable bonds is 5. The lowest BCUT2D eigenvalue weighted by molar-refractivity contribution is -0.150. The number of nitrogens with two attached hydrogens (primary N) is 1. The van der Waals surface area contributed by atoms with Crippen LogP contribution in [0.5, 0.6) is 0 Å². The fourth-order valence-electron chi connectivity index (χ4n) is 1.85. The molecule has 0 aromatic heterocycles. The molecule has 0 spiro atoms. The van der Waals surface area contributed by atoms with Gasteiger partial charge in [-0.1, -0.05) is 42.5 Å². The Morgan fingerprint density at radius 3 is 2.45 bits per heavy atom. The van der Waals surface area contributed by atoms with E-state index in [1.54, 1.807) is 36.4 Å². The van der Waals surface area contributed by atoms with Crippen LogP contribution in [0.1, 0.15) is 17.2 Å². The van der Waals surface area contributed by atoms with Crippen LogP contribution in [0.25, 0.3) is 6.08 Å². The van der Waals surface area contributed by atoms with Crippen molar-refractivity contribution in [3.63, 3.8) is 0 Å². The number of ether oxygens (including phenoxy) is 1. The summed E-state index contributed by atoms with van der Waals surface area (Å²) in [4.78, 5) is 23.2. The number of halogens is 1. The first-order chi connectivity index (χ1) is 10.6. The molecule has 1 amide bonds. The van der Waals surface area contributed by atoms with E-state index in [9.17, 15) is 14.0 Å². The number of amides is 1. The Bertz CT molecular complexity index is 698. The van der Waals surface area contributed by atoms with E-state index in [4.69, 9.17) is 10.5 Å². The number of esters is 1. The molecule has 2 N–H and O–H groups in total. The second-order valence-electron chi connectivity index (χ2n) is 4.52. The molecule has 0 fully saturated rings. The number of hydrogen-bond donors (Lipinski definition) is 1. The fraction of sp³-hybridized carbons (Fsp3) is 0.0588. The van der Waals surface area contributed by atoms with Crippen molar-refractivity contribution in [2.24, 2.45) is 5.73 Å². The van der Waals surface area contributed by atoms with Crippen molar-refractivity contribution in [2.75, 3.05) is 0 Å². The molecule has 1 unspecified atom stereocenters. The van der Waals surface area contributed by atoms with Crippen LogP contribution in [0, 0.1) is 5.82 Å². The van der Waals surface area contributed by atoms with Gasteiger partial charge in [-0.05, 0) is 23.8 Å². The van der Waals surface area contributed by atoms with Gasteiger partial charge < -0.3 is 10.5 Å². The van der Waals surface area contributed by atoms with Crippen LogP contribution >= 0.6 is 0 Å². The molecule has 2 aromatic carbocycles. The quantitative estimate of drug-likeness (QED) is 0.681. The molecule has 0 saturated heterocycles. The second-order valence-corrected chi connectivity index (χ2v) is 4.52. The zero-order valence-corrected chi connectivity index (χ0v) is 11.6. The van der Waals surface area contributed by atoms with Crippen molar-refractivity contribution in [3.8, 4) is 0 Å². The summed E-state index contributed by atoms with van der Waals surface area (Å²) >= 11 is 0. The lowest BCUT2D eigenvalue weighted by atomic mass is 10.1. The minimum Gasteiger partial charge on any atom is -0.444 e. The molecule has 0 heterocycles. The van der Waals surface area contributed by atoms with Crippen LogP contribution in [0.2, 0.25) is 0 Å². The van der Waals surface area contributed by atoms with Crippen LogP contribution in [-0.2, 0) is 14.3 Å². The maximum absolute atomic E-state index is 13.0. The summed E-state index contributed by atoms with van der Waals surface area (Å²) < 4.78 is 18.1. The first-order valence-corrected chi connectivity index (χ1v) is 6.55. The normalized spacial score (nSPS) is 12.0. The van der Waals surface area contributed by atoms with Gasteiger partial charge in [0.15, 0.2) is 0 Å². The Labute approximate surface area is 127 Å². The molecule has 1 atom stereocenters. The van der Waals surface area contributed by atoms with Gasteiger partial charge in [0.2, 0.25) is 6.10 Å². The highest BCUT2D eigenvalue weighted by atomic mass is 19.1. The molecule has 22 heavy (non-hydrogen) atoms. The van der Waals surface area contributed by atoms with Gasteiger partial charge in [-0.2, -0.15) is 0 Å². The topological polar surface area (TPSA) is 69.4 Å². The van der Waals surface area contributed by atoms with Crippen LogP contribution < -0.4 is 5.73 Å². The van der Waals surface area contributed by atoms with Gasteiger partial charge in [-0.15, -0.1) is 0 Å². The number of carbonyl (C=O) groups excluding carboxylic acids is 2. The molecule has 5 heteroatoms. The highest BCUT2D eigenvalue weighted by Crippen LogP contribution is 2.17. The van der Waals surface area contributed by atoms with Crippen LogP contribution in [0.3, 0.4) is 0 Å². The van der Waals surface area contributed by atoms with Gasteiger partial charge in [0, 0.05) is 11.6 Å². The monoisotopic (exact) mass is 299 g/mol. The average molecular weight is 299 g/mol. The molecular weight excluding hydrogens is 285 g/mol. The first-order valence-electron chi connectivity index (χ1n) is 6.55. The van der Waals surface area contributed by atoms with E-state index in [2.05, 4.69) is 0 Å². The lowest BCUT2D eigenvalue weighted by Crippen LogP contribution is -2.25. The number of primary amides is 1. The Hall–Kier alpha value is -2.95. The maximum Gasteiger partial charge on any atom is 0.331 e. The molecule has 0 aliphatic heterocycles. The molecule has 0 aliphatic carbocycles. The molecule has 0 aliphatic rings. The highest BCUT2D eigenvalue weighted by Gasteiger charge is 2.21. The van der Waals surface area contributed by atoms with Crippen molar-refractivity contribution in [2.45, 2.75) is 6.10 Å². The maximum atomic E-state index is 13.0. The van der Waals surface area contributed by atoms with E-state index in [0.29, 0.717) is 11.1 Å². The SMILES string of the molecule is NC(=O)C(OC(=O)/C=C/c1cccc(F)c1)c1ccccc1. The van der Waals surface area contributed by atoms with E-state index in [0.717, 1.165) is 6.08 Å². The predicted octanol–water partition coefficient (Wildman–Crippen LogP) is 2.61. The largest absolute Gasteiger partial charge is 0.444 e. The minimum atomic E-state index is -1.16. The summed E-state index contributed by atoms with van der Waals surface area (Å²) in [6, 6.07) is 14.2. The highest BCUT2D eigenvalue weighted by molar-refractivity contribution is 5.90. The summed E-state index contributed by atoms with van der Waals surface area (Å²) in [6.07, 6.45) is 1.35. The van der Waals surface area contributed by atoms with Gasteiger partial charge in [0.05, 0.1) is 0 Å². The number of benzene rings is 2. The third kappa shape index (κ3) is 4.28.